The van der Waals surface area contributed by atoms with Gasteiger partial charge < -0.3 is 5.21 Å². The van der Waals surface area contributed by atoms with Crippen LogP contribution in [0.25, 0.3) is 0 Å². The Morgan fingerprint density at radius 1 is 1.56 bits per heavy atom. The average Bonchev–Trinajstić information content (AvgIpc) is 1.79. The van der Waals surface area contributed by atoms with E-state index in [1.54, 1.807) is 0 Å². The first kappa shape index (κ1) is 7.03. The van der Waals surface area contributed by atoms with Crippen LogP contribution in [-0.4, -0.2) is 22.9 Å². The molecule has 9 heavy (non-hydrogen) atoms. The van der Waals surface area contributed by atoms with Crippen molar-refractivity contribution in [1.29, 1.82) is 0 Å². The van der Waals surface area contributed by atoms with Gasteiger partial charge in [-0.25, -0.2) is 0 Å². The fourth-order valence-electron chi connectivity index (χ4n) is 1.56. The van der Waals surface area contributed by atoms with Crippen molar-refractivity contribution in [2.24, 2.45) is 5.41 Å². The van der Waals surface area contributed by atoms with Gasteiger partial charge in [-0.05, 0) is 18.8 Å². The van der Waals surface area contributed by atoms with E-state index in [1.807, 2.05) is 0 Å². The molecule has 1 N–H and O–H groups in total. The molecule has 0 aromatic heterocycles. The molecule has 1 fully saturated rings. The third kappa shape index (κ3) is 1.43. The van der Waals surface area contributed by atoms with Gasteiger partial charge in [0.15, 0.2) is 0 Å². The van der Waals surface area contributed by atoms with Crippen LogP contribution in [0.2, 0.25) is 0 Å². The molecule has 0 aliphatic carbocycles. The van der Waals surface area contributed by atoms with Crippen molar-refractivity contribution >= 4 is 0 Å². The van der Waals surface area contributed by atoms with Gasteiger partial charge in [0.2, 0.25) is 0 Å². The van der Waals surface area contributed by atoms with Crippen molar-refractivity contribution in [2.75, 3.05) is 6.54 Å². The second kappa shape index (κ2) is 1.96. The molecule has 1 aliphatic rings. The highest BCUT2D eigenvalue weighted by atomic mass is 16.5. The summed E-state index contributed by atoms with van der Waals surface area (Å²) in [7, 11) is 0. The largest absolute Gasteiger partial charge is 0.314 e. The quantitative estimate of drug-likeness (QED) is 0.535. The number of nitrogens with zero attached hydrogens (tertiary/aromatic N) is 1. The standard InChI is InChI=1S/C7H15NO/c1-6-4-7(2,3)5-8(6)9/h6,9H,4-5H2,1-3H3. The molecule has 0 radical (unpaired) electrons. The highest BCUT2D eigenvalue weighted by Crippen LogP contribution is 2.31. The number of hydroxylamine groups is 2. The van der Waals surface area contributed by atoms with Crippen molar-refractivity contribution in [3.8, 4) is 0 Å². The summed E-state index contributed by atoms with van der Waals surface area (Å²) in [5.41, 5.74) is 0.314. The van der Waals surface area contributed by atoms with Gasteiger partial charge in [-0.15, -0.1) is 0 Å². The van der Waals surface area contributed by atoms with E-state index < -0.39 is 0 Å². The first-order chi connectivity index (χ1) is 4.01. The maximum atomic E-state index is 9.17. The maximum Gasteiger partial charge on any atom is 0.0327 e. The summed E-state index contributed by atoms with van der Waals surface area (Å²) in [6.07, 6.45) is 1.10. The molecule has 54 valence electrons. The number of hydrogen-bond acceptors (Lipinski definition) is 2. The summed E-state index contributed by atoms with van der Waals surface area (Å²) >= 11 is 0. The van der Waals surface area contributed by atoms with Crippen LogP contribution in [0.1, 0.15) is 27.2 Å². The molecule has 1 rings (SSSR count). The number of hydrogen-bond donors (Lipinski definition) is 1. The van der Waals surface area contributed by atoms with E-state index in [1.165, 1.54) is 5.06 Å². The van der Waals surface area contributed by atoms with Crippen LogP contribution < -0.4 is 0 Å². The molecule has 1 aliphatic heterocycles. The highest BCUT2D eigenvalue weighted by Gasteiger charge is 2.33. The summed E-state index contributed by atoms with van der Waals surface area (Å²) in [4.78, 5) is 0. The zero-order valence-electron chi connectivity index (χ0n) is 6.39. The minimum absolute atomic E-state index is 0.314. The maximum absolute atomic E-state index is 9.17. The van der Waals surface area contributed by atoms with Gasteiger partial charge in [0.05, 0.1) is 0 Å². The van der Waals surface area contributed by atoms with E-state index in [9.17, 15) is 0 Å². The van der Waals surface area contributed by atoms with E-state index in [4.69, 9.17) is 5.21 Å². The Morgan fingerprint density at radius 2 is 2.11 bits per heavy atom. The van der Waals surface area contributed by atoms with E-state index >= 15 is 0 Å². The smallest absolute Gasteiger partial charge is 0.0327 e. The summed E-state index contributed by atoms with van der Waals surface area (Å²) in [6.45, 7) is 7.22. The monoisotopic (exact) mass is 129 g/mol. The van der Waals surface area contributed by atoms with E-state index in [-0.39, 0.29) is 0 Å². The Kier molecular flexibility index (Phi) is 1.53. The summed E-state index contributed by atoms with van der Waals surface area (Å²) < 4.78 is 0. The van der Waals surface area contributed by atoms with Crippen LogP contribution >= 0.6 is 0 Å². The molecule has 2 nitrogen and oxygen atoms in total. The fraction of sp³-hybridized carbons (Fsp3) is 1.00. The molecule has 1 unspecified atom stereocenters. The van der Waals surface area contributed by atoms with E-state index in [0.29, 0.717) is 11.5 Å². The lowest BCUT2D eigenvalue weighted by molar-refractivity contribution is -0.102. The van der Waals surface area contributed by atoms with Crippen molar-refractivity contribution < 1.29 is 5.21 Å². The third-order valence-electron chi connectivity index (χ3n) is 1.95. The van der Waals surface area contributed by atoms with Crippen LogP contribution in [0, 0.1) is 5.41 Å². The molecule has 0 bridgehead atoms. The van der Waals surface area contributed by atoms with Crippen LogP contribution in [0.15, 0.2) is 0 Å². The average molecular weight is 129 g/mol. The topological polar surface area (TPSA) is 23.5 Å². The van der Waals surface area contributed by atoms with Crippen LogP contribution in [0.4, 0.5) is 0 Å². The Labute approximate surface area is 56.4 Å². The van der Waals surface area contributed by atoms with Crippen LogP contribution in [-0.2, 0) is 0 Å². The minimum Gasteiger partial charge on any atom is -0.314 e. The van der Waals surface area contributed by atoms with Gasteiger partial charge in [-0.2, -0.15) is 5.06 Å². The Hall–Kier alpha value is -0.0800. The minimum atomic E-state index is 0.314. The van der Waals surface area contributed by atoms with Crippen LogP contribution in [0.3, 0.4) is 0 Å². The van der Waals surface area contributed by atoms with Gasteiger partial charge >= 0.3 is 0 Å². The zero-order valence-corrected chi connectivity index (χ0v) is 6.39. The second-order valence-corrected chi connectivity index (χ2v) is 3.81. The SMILES string of the molecule is CC1CC(C)(C)CN1O. The third-order valence-corrected chi connectivity index (χ3v) is 1.95. The van der Waals surface area contributed by atoms with Gasteiger partial charge in [0, 0.05) is 12.6 Å². The zero-order chi connectivity index (χ0) is 7.07. The molecule has 1 saturated heterocycles. The van der Waals surface area contributed by atoms with Crippen molar-refractivity contribution in [1.82, 2.24) is 5.06 Å². The predicted molar refractivity (Wildman–Crippen MR) is 36.4 cm³/mol. The van der Waals surface area contributed by atoms with Gasteiger partial charge in [-0.3, -0.25) is 0 Å². The van der Waals surface area contributed by atoms with Crippen LogP contribution in [0.5, 0.6) is 0 Å². The predicted octanol–water partition coefficient (Wildman–Crippen LogP) is 1.50. The molecule has 1 heterocycles. The molecule has 0 saturated carbocycles. The molecule has 1 atom stereocenters. The van der Waals surface area contributed by atoms with Crippen molar-refractivity contribution in [3.63, 3.8) is 0 Å². The first-order valence-corrected chi connectivity index (χ1v) is 3.47. The lowest BCUT2D eigenvalue weighted by Gasteiger charge is -2.14. The molecule has 0 aromatic rings. The second-order valence-electron chi connectivity index (χ2n) is 3.81. The Bertz CT molecular complexity index is 99.5. The van der Waals surface area contributed by atoms with Crippen molar-refractivity contribution in [2.45, 2.75) is 33.2 Å². The van der Waals surface area contributed by atoms with Gasteiger partial charge in [-0.1, -0.05) is 13.8 Å². The molecular formula is C7H15NO. The molecule has 0 spiro atoms. The van der Waals surface area contributed by atoms with Gasteiger partial charge in [0.25, 0.3) is 0 Å². The lowest BCUT2D eigenvalue weighted by atomic mass is 9.91. The van der Waals surface area contributed by atoms with Crippen molar-refractivity contribution in [3.05, 3.63) is 0 Å². The Balaban J connectivity index is 2.54. The molecule has 0 aromatic carbocycles. The lowest BCUT2D eigenvalue weighted by Crippen LogP contribution is -2.23. The summed E-state index contributed by atoms with van der Waals surface area (Å²) in [5, 5.41) is 10.6. The normalized spacial score (nSPS) is 35.3. The van der Waals surface area contributed by atoms with Gasteiger partial charge in [0.1, 0.15) is 0 Å². The summed E-state index contributed by atoms with van der Waals surface area (Å²) in [5.74, 6) is 0. The van der Waals surface area contributed by atoms with E-state index in [2.05, 4.69) is 20.8 Å². The number of rotatable bonds is 0. The Morgan fingerprint density at radius 3 is 2.22 bits per heavy atom. The van der Waals surface area contributed by atoms with E-state index in [0.717, 1.165) is 13.0 Å². The highest BCUT2D eigenvalue weighted by molar-refractivity contribution is 4.83. The molecule has 2 heteroatoms. The molecular weight excluding hydrogens is 114 g/mol. The summed E-state index contributed by atoms with van der Waals surface area (Å²) in [6, 6.07) is 0.347. The first-order valence-electron chi connectivity index (χ1n) is 3.47. The molecule has 0 amide bonds. The fourth-order valence-corrected chi connectivity index (χ4v) is 1.56.